The van der Waals surface area contributed by atoms with E-state index in [0.717, 1.165) is 23.1 Å². The molecule has 0 N–H and O–H groups in total. The Labute approximate surface area is 254 Å². The van der Waals surface area contributed by atoms with E-state index in [9.17, 15) is 14.0 Å². The highest BCUT2D eigenvalue weighted by Gasteiger charge is 2.34. The van der Waals surface area contributed by atoms with Gasteiger partial charge in [0.05, 0.1) is 28.5 Å². The minimum absolute atomic E-state index is 0.222. The summed E-state index contributed by atoms with van der Waals surface area (Å²) >= 11 is 1.29. The van der Waals surface area contributed by atoms with Crippen molar-refractivity contribution in [1.29, 1.82) is 0 Å². The Morgan fingerprint density at radius 2 is 1.77 bits per heavy atom. The van der Waals surface area contributed by atoms with Crippen molar-refractivity contribution in [3.63, 3.8) is 0 Å². The van der Waals surface area contributed by atoms with Crippen LogP contribution in [-0.4, -0.2) is 17.1 Å². The van der Waals surface area contributed by atoms with Crippen molar-refractivity contribution < 1.29 is 18.7 Å². The Hall–Kier alpha value is -4.30. The van der Waals surface area contributed by atoms with Crippen LogP contribution in [-0.2, 0) is 16.1 Å². The first kappa shape index (κ1) is 30.2. The first-order valence-corrected chi connectivity index (χ1v) is 15.4. The van der Waals surface area contributed by atoms with E-state index in [1.165, 1.54) is 29.0 Å². The maximum Gasteiger partial charge on any atom is 0.338 e. The molecule has 43 heavy (non-hydrogen) atoms. The molecular weight excluding hydrogens is 563 g/mol. The van der Waals surface area contributed by atoms with E-state index in [1.807, 2.05) is 55.5 Å². The van der Waals surface area contributed by atoms with Gasteiger partial charge in [0.1, 0.15) is 18.2 Å². The number of carbonyl (C=O) groups is 1. The van der Waals surface area contributed by atoms with Gasteiger partial charge in [0.25, 0.3) is 5.56 Å². The molecule has 0 saturated heterocycles. The lowest BCUT2D eigenvalue weighted by atomic mass is 9.92. The van der Waals surface area contributed by atoms with Gasteiger partial charge >= 0.3 is 5.97 Å². The molecule has 1 aliphatic heterocycles. The summed E-state index contributed by atoms with van der Waals surface area (Å²) in [6.07, 6.45) is 3.17. The molecule has 1 aromatic heterocycles. The van der Waals surface area contributed by atoms with Crippen molar-refractivity contribution in [2.24, 2.45) is 4.99 Å². The van der Waals surface area contributed by atoms with Gasteiger partial charge < -0.3 is 9.47 Å². The van der Waals surface area contributed by atoms with Gasteiger partial charge in [0.15, 0.2) is 4.80 Å². The highest BCUT2D eigenvalue weighted by atomic mass is 32.1. The molecule has 0 spiro atoms. The summed E-state index contributed by atoms with van der Waals surface area (Å²) in [5.41, 5.74) is 4.36. The molecule has 6 nitrogen and oxygen atoms in total. The average molecular weight is 599 g/mol. The van der Waals surface area contributed by atoms with Crippen LogP contribution in [0.15, 0.2) is 93.9 Å². The fourth-order valence-electron chi connectivity index (χ4n) is 5.11. The van der Waals surface area contributed by atoms with Crippen LogP contribution in [0.1, 0.15) is 74.8 Å². The predicted octanol–water partition coefficient (Wildman–Crippen LogP) is 6.42. The molecule has 0 bridgehead atoms. The monoisotopic (exact) mass is 598 g/mol. The van der Waals surface area contributed by atoms with E-state index in [2.05, 4.69) is 13.8 Å². The number of allylic oxidation sites excluding steroid dienone is 1. The molecule has 0 saturated carbocycles. The van der Waals surface area contributed by atoms with Gasteiger partial charge in [-0.25, -0.2) is 14.2 Å². The number of hydrogen-bond acceptors (Lipinski definition) is 6. The molecule has 0 fully saturated rings. The molecule has 0 radical (unpaired) electrons. The molecule has 1 aliphatic rings. The fraction of sp³-hybridized carbons (Fsp3) is 0.286. The smallest absolute Gasteiger partial charge is 0.338 e. The van der Waals surface area contributed by atoms with Gasteiger partial charge in [-0.2, -0.15) is 0 Å². The van der Waals surface area contributed by atoms with Crippen LogP contribution in [0.4, 0.5) is 4.39 Å². The predicted molar refractivity (Wildman–Crippen MR) is 167 cm³/mol. The Bertz CT molecular complexity index is 1820. The second kappa shape index (κ2) is 13.3. The first-order chi connectivity index (χ1) is 20.8. The fourth-order valence-corrected chi connectivity index (χ4v) is 6.12. The van der Waals surface area contributed by atoms with Crippen LogP contribution in [0.2, 0.25) is 0 Å². The van der Waals surface area contributed by atoms with Gasteiger partial charge in [0.2, 0.25) is 0 Å². The molecule has 0 unspecified atom stereocenters. The van der Waals surface area contributed by atoms with Crippen LogP contribution >= 0.6 is 11.3 Å². The topological polar surface area (TPSA) is 69.9 Å². The summed E-state index contributed by atoms with van der Waals surface area (Å²) in [4.78, 5) is 32.9. The largest absolute Gasteiger partial charge is 0.488 e. The minimum atomic E-state index is -0.662. The molecule has 0 aliphatic carbocycles. The van der Waals surface area contributed by atoms with E-state index >= 15 is 0 Å². The van der Waals surface area contributed by atoms with E-state index in [-0.39, 0.29) is 24.6 Å². The van der Waals surface area contributed by atoms with Crippen molar-refractivity contribution in [3.8, 4) is 5.75 Å². The third-order valence-corrected chi connectivity index (χ3v) is 8.31. The summed E-state index contributed by atoms with van der Waals surface area (Å²) in [6, 6.07) is 21.0. The first-order valence-electron chi connectivity index (χ1n) is 14.6. The van der Waals surface area contributed by atoms with E-state index in [0.29, 0.717) is 38.7 Å². The Balaban J connectivity index is 1.62. The summed E-state index contributed by atoms with van der Waals surface area (Å²) < 4.78 is 27.0. The van der Waals surface area contributed by atoms with Crippen molar-refractivity contribution in [3.05, 3.63) is 132 Å². The quantitative estimate of drug-likeness (QED) is 0.198. The number of thiazole rings is 1. The lowest BCUT2D eigenvalue weighted by molar-refractivity contribution is -0.139. The standard InChI is InChI=1S/C35H35FN2O4S/c1-5-9-28-31(34(40)41-6-2)32(25-16-14-24(15-17-25)22(3)4)38-33(39)30(43-35(38)37-28)20-26-10-7-8-11-29(26)42-21-23-12-18-27(36)19-13-23/h7-8,10-20,22,32H,5-6,9,21H2,1-4H3/b30-20-/t32-/m0/s1. The normalized spacial score (nSPS) is 14.9. The SMILES string of the molecule is CCCC1=C(C(=O)OCC)[C@H](c2ccc(C(C)C)cc2)n2c(s/c(=C\c3ccccc3OCc3ccc(F)cc3)c2=O)=N1. The van der Waals surface area contributed by atoms with Crippen molar-refractivity contribution in [2.75, 3.05) is 6.61 Å². The molecule has 8 heteroatoms. The molecule has 0 amide bonds. The van der Waals surface area contributed by atoms with Crippen LogP contribution in [0.25, 0.3) is 6.08 Å². The summed E-state index contributed by atoms with van der Waals surface area (Å²) in [6.45, 7) is 8.54. The zero-order chi connectivity index (χ0) is 30.5. The van der Waals surface area contributed by atoms with Gasteiger partial charge in [0, 0.05) is 5.56 Å². The number of rotatable bonds is 10. The van der Waals surface area contributed by atoms with E-state index in [1.54, 1.807) is 29.7 Å². The third-order valence-electron chi connectivity index (χ3n) is 7.32. The minimum Gasteiger partial charge on any atom is -0.488 e. The zero-order valence-corrected chi connectivity index (χ0v) is 25.6. The lowest BCUT2D eigenvalue weighted by Crippen LogP contribution is -2.40. The Kier molecular flexibility index (Phi) is 9.36. The van der Waals surface area contributed by atoms with Crippen molar-refractivity contribution in [1.82, 2.24) is 4.57 Å². The summed E-state index contributed by atoms with van der Waals surface area (Å²) in [7, 11) is 0. The van der Waals surface area contributed by atoms with E-state index < -0.39 is 12.0 Å². The number of ether oxygens (including phenoxy) is 2. The molecular formula is C35H35FN2O4S. The third kappa shape index (κ3) is 6.54. The number of para-hydroxylation sites is 1. The van der Waals surface area contributed by atoms with Gasteiger partial charge in [-0.3, -0.25) is 9.36 Å². The zero-order valence-electron chi connectivity index (χ0n) is 24.8. The average Bonchev–Trinajstić information content (AvgIpc) is 3.31. The molecule has 222 valence electrons. The van der Waals surface area contributed by atoms with Crippen molar-refractivity contribution in [2.45, 2.75) is 59.1 Å². The molecule has 1 atom stereocenters. The van der Waals surface area contributed by atoms with Crippen LogP contribution in [0, 0.1) is 5.82 Å². The molecule has 3 aromatic carbocycles. The van der Waals surface area contributed by atoms with Crippen LogP contribution in [0.3, 0.4) is 0 Å². The van der Waals surface area contributed by atoms with Crippen LogP contribution < -0.4 is 19.6 Å². The number of hydrogen-bond donors (Lipinski definition) is 0. The number of aromatic nitrogens is 1. The molecule has 2 heterocycles. The number of fused-ring (bicyclic) bond motifs is 1. The van der Waals surface area contributed by atoms with Gasteiger partial charge in [-0.15, -0.1) is 0 Å². The Morgan fingerprint density at radius 1 is 1.05 bits per heavy atom. The number of carbonyl (C=O) groups excluding carboxylic acids is 1. The number of halogens is 1. The Morgan fingerprint density at radius 3 is 2.44 bits per heavy atom. The molecule has 5 rings (SSSR count). The maximum atomic E-state index is 14.1. The second-order valence-electron chi connectivity index (χ2n) is 10.7. The van der Waals surface area contributed by atoms with Crippen molar-refractivity contribution >= 4 is 23.4 Å². The summed E-state index contributed by atoms with van der Waals surface area (Å²) in [5.74, 6) is 0.179. The number of benzene rings is 3. The molecule has 4 aromatic rings. The van der Waals surface area contributed by atoms with Crippen LogP contribution in [0.5, 0.6) is 5.75 Å². The van der Waals surface area contributed by atoms with Gasteiger partial charge in [-0.05, 0) is 60.2 Å². The van der Waals surface area contributed by atoms with E-state index in [4.69, 9.17) is 14.5 Å². The summed E-state index contributed by atoms with van der Waals surface area (Å²) in [5, 5.41) is 0. The second-order valence-corrected chi connectivity index (χ2v) is 11.7. The lowest BCUT2D eigenvalue weighted by Gasteiger charge is -2.26. The number of esters is 1. The number of nitrogens with zero attached hydrogens (tertiary/aromatic N) is 2. The highest BCUT2D eigenvalue weighted by molar-refractivity contribution is 7.07. The maximum absolute atomic E-state index is 14.1. The highest BCUT2D eigenvalue weighted by Crippen LogP contribution is 2.33. The van der Waals surface area contributed by atoms with Gasteiger partial charge in [-0.1, -0.05) is 93.1 Å².